The van der Waals surface area contributed by atoms with Crippen molar-refractivity contribution in [3.63, 3.8) is 0 Å². The maximum absolute atomic E-state index is 11.4. The zero-order valence-electron chi connectivity index (χ0n) is 12.1. The third-order valence-electron chi connectivity index (χ3n) is 3.64. The number of fused-ring (bicyclic) bond motifs is 2. The van der Waals surface area contributed by atoms with Gasteiger partial charge in [0.25, 0.3) is 0 Å². The molecule has 0 bridgehead atoms. The highest BCUT2D eigenvalue weighted by atomic mass is 35.5. The van der Waals surface area contributed by atoms with Crippen molar-refractivity contribution in [2.45, 2.75) is 0 Å². The summed E-state index contributed by atoms with van der Waals surface area (Å²) in [6, 6.07) is 11.3. The smallest absolute Gasteiger partial charge is 0.325 e. The van der Waals surface area contributed by atoms with Crippen molar-refractivity contribution in [2.75, 3.05) is 7.11 Å². The Kier molecular flexibility index (Phi) is 3.06. The van der Waals surface area contributed by atoms with Crippen LogP contribution in [-0.4, -0.2) is 27.0 Å². The highest BCUT2D eigenvalue weighted by molar-refractivity contribution is 6.32. The Morgan fingerprint density at radius 1 is 1.09 bits per heavy atom. The van der Waals surface area contributed by atoms with Crippen LogP contribution in [0.3, 0.4) is 0 Å². The molecule has 0 amide bonds. The molecular weight excluding hydrogens is 316 g/mol. The van der Waals surface area contributed by atoms with Crippen LogP contribution in [0.5, 0.6) is 5.88 Å². The Balaban J connectivity index is 1.90. The van der Waals surface area contributed by atoms with Crippen LogP contribution in [0.2, 0.25) is 5.15 Å². The summed E-state index contributed by atoms with van der Waals surface area (Å²) < 4.78 is 5.06. The van der Waals surface area contributed by atoms with Gasteiger partial charge in [0, 0.05) is 17.0 Å². The first kappa shape index (κ1) is 13.8. The lowest BCUT2D eigenvalue weighted by Crippen LogP contribution is -1.99. The standard InChI is InChI=1S/C16H11ClN4O2/c1-23-13-5-3-10(14(17)20-13)8-2-4-11-9(6-8)7-12-15(18-11)21-16(22)19-12/h2-7H,1H3,(H2,18,19,21,22). The Labute approximate surface area is 135 Å². The van der Waals surface area contributed by atoms with Gasteiger partial charge in [-0.05, 0) is 29.8 Å². The number of benzene rings is 1. The quantitative estimate of drug-likeness (QED) is 0.554. The Bertz CT molecular complexity index is 1100. The number of hydrogen-bond acceptors (Lipinski definition) is 4. The SMILES string of the molecule is COc1ccc(-c2ccc3nc4[nH]c(=O)[nH]c4cc3c2)c(Cl)n1. The van der Waals surface area contributed by atoms with E-state index in [1.54, 1.807) is 13.2 Å². The number of halogens is 1. The van der Waals surface area contributed by atoms with E-state index in [2.05, 4.69) is 19.9 Å². The minimum Gasteiger partial charge on any atom is -0.481 e. The highest BCUT2D eigenvalue weighted by Crippen LogP contribution is 2.30. The van der Waals surface area contributed by atoms with Gasteiger partial charge in [0.15, 0.2) is 5.65 Å². The topological polar surface area (TPSA) is 83.7 Å². The van der Waals surface area contributed by atoms with Crippen molar-refractivity contribution < 1.29 is 4.74 Å². The zero-order chi connectivity index (χ0) is 16.0. The number of H-pyrrole nitrogens is 2. The van der Waals surface area contributed by atoms with E-state index in [0.29, 0.717) is 22.2 Å². The Morgan fingerprint density at radius 3 is 2.74 bits per heavy atom. The summed E-state index contributed by atoms with van der Waals surface area (Å²) in [4.78, 5) is 25.3. The third kappa shape index (κ3) is 2.33. The number of methoxy groups -OCH3 is 1. The van der Waals surface area contributed by atoms with Gasteiger partial charge in [-0.3, -0.25) is 4.98 Å². The van der Waals surface area contributed by atoms with E-state index in [0.717, 1.165) is 22.0 Å². The highest BCUT2D eigenvalue weighted by Gasteiger charge is 2.09. The molecule has 0 aliphatic heterocycles. The Hall–Kier alpha value is -2.86. The molecule has 6 nitrogen and oxygen atoms in total. The number of nitrogens with one attached hydrogen (secondary N) is 2. The van der Waals surface area contributed by atoms with E-state index >= 15 is 0 Å². The van der Waals surface area contributed by atoms with Crippen molar-refractivity contribution >= 4 is 33.7 Å². The van der Waals surface area contributed by atoms with Crippen molar-refractivity contribution in [3.8, 4) is 17.0 Å². The number of rotatable bonds is 2. The summed E-state index contributed by atoms with van der Waals surface area (Å²) in [6.45, 7) is 0. The van der Waals surface area contributed by atoms with E-state index in [-0.39, 0.29) is 5.69 Å². The van der Waals surface area contributed by atoms with Gasteiger partial charge < -0.3 is 9.72 Å². The van der Waals surface area contributed by atoms with Gasteiger partial charge in [-0.1, -0.05) is 17.7 Å². The van der Waals surface area contributed by atoms with Gasteiger partial charge in [-0.25, -0.2) is 14.8 Å². The van der Waals surface area contributed by atoms with Crippen LogP contribution in [0, 0.1) is 0 Å². The second-order valence-electron chi connectivity index (χ2n) is 5.06. The molecule has 0 saturated carbocycles. The van der Waals surface area contributed by atoms with E-state index in [1.807, 2.05) is 30.3 Å². The molecule has 7 heteroatoms. The fourth-order valence-electron chi connectivity index (χ4n) is 2.54. The van der Waals surface area contributed by atoms with Crippen LogP contribution >= 0.6 is 11.6 Å². The van der Waals surface area contributed by atoms with E-state index < -0.39 is 0 Å². The van der Waals surface area contributed by atoms with Gasteiger partial charge >= 0.3 is 5.69 Å². The second-order valence-corrected chi connectivity index (χ2v) is 5.42. The minimum absolute atomic E-state index is 0.273. The molecule has 114 valence electrons. The maximum atomic E-state index is 11.4. The number of aromatic nitrogens is 4. The number of hydrogen-bond donors (Lipinski definition) is 2. The maximum Gasteiger partial charge on any atom is 0.325 e. The predicted molar refractivity (Wildman–Crippen MR) is 89.0 cm³/mol. The van der Waals surface area contributed by atoms with Crippen LogP contribution in [-0.2, 0) is 0 Å². The first-order valence-corrected chi connectivity index (χ1v) is 7.25. The first-order valence-electron chi connectivity index (χ1n) is 6.88. The molecule has 0 saturated heterocycles. The molecule has 0 spiro atoms. The van der Waals surface area contributed by atoms with Crippen molar-refractivity contribution in [1.29, 1.82) is 0 Å². The van der Waals surface area contributed by atoms with Gasteiger partial charge in [0.1, 0.15) is 5.15 Å². The molecule has 23 heavy (non-hydrogen) atoms. The van der Waals surface area contributed by atoms with Crippen molar-refractivity contribution in [2.24, 2.45) is 0 Å². The molecule has 3 aromatic heterocycles. The normalized spacial score (nSPS) is 11.2. The lowest BCUT2D eigenvalue weighted by molar-refractivity contribution is 0.398. The summed E-state index contributed by atoms with van der Waals surface area (Å²) >= 11 is 6.23. The van der Waals surface area contributed by atoms with Gasteiger partial charge in [0.2, 0.25) is 5.88 Å². The second kappa shape index (κ2) is 5.10. The fraction of sp³-hybridized carbons (Fsp3) is 0.0625. The van der Waals surface area contributed by atoms with Gasteiger partial charge in [-0.2, -0.15) is 0 Å². The molecule has 0 aliphatic rings. The van der Waals surface area contributed by atoms with E-state index in [1.165, 1.54) is 0 Å². The van der Waals surface area contributed by atoms with Crippen LogP contribution in [0.4, 0.5) is 0 Å². The molecule has 0 atom stereocenters. The number of aromatic amines is 2. The lowest BCUT2D eigenvalue weighted by atomic mass is 10.0. The van der Waals surface area contributed by atoms with Crippen molar-refractivity contribution in [1.82, 2.24) is 19.9 Å². The van der Waals surface area contributed by atoms with Gasteiger partial charge in [0.05, 0.1) is 18.1 Å². The molecule has 0 radical (unpaired) electrons. The third-order valence-corrected chi connectivity index (χ3v) is 3.93. The number of pyridine rings is 2. The molecule has 2 N–H and O–H groups in total. The number of imidazole rings is 1. The van der Waals surface area contributed by atoms with Crippen molar-refractivity contribution in [3.05, 3.63) is 52.0 Å². The summed E-state index contributed by atoms with van der Waals surface area (Å²) in [5.41, 5.74) is 3.44. The molecule has 1 aromatic carbocycles. The molecule has 0 unspecified atom stereocenters. The zero-order valence-corrected chi connectivity index (χ0v) is 12.8. The summed E-state index contributed by atoms with van der Waals surface area (Å²) in [7, 11) is 1.54. The summed E-state index contributed by atoms with van der Waals surface area (Å²) in [5, 5.41) is 1.27. The van der Waals surface area contributed by atoms with Crippen LogP contribution < -0.4 is 10.4 Å². The monoisotopic (exact) mass is 326 g/mol. The lowest BCUT2D eigenvalue weighted by Gasteiger charge is -2.07. The van der Waals surface area contributed by atoms with E-state index in [4.69, 9.17) is 16.3 Å². The largest absolute Gasteiger partial charge is 0.481 e. The molecule has 0 aliphatic carbocycles. The average Bonchev–Trinajstić information content (AvgIpc) is 2.90. The average molecular weight is 327 g/mol. The van der Waals surface area contributed by atoms with E-state index in [9.17, 15) is 4.79 Å². The fourth-order valence-corrected chi connectivity index (χ4v) is 2.80. The predicted octanol–water partition coefficient (Wildman–Crippen LogP) is 3.13. The first-order chi connectivity index (χ1) is 11.1. The Morgan fingerprint density at radius 2 is 1.96 bits per heavy atom. The summed E-state index contributed by atoms with van der Waals surface area (Å²) in [5.74, 6) is 0.466. The van der Waals surface area contributed by atoms with Crippen LogP contribution in [0.15, 0.2) is 41.2 Å². The molecule has 0 fully saturated rings. The van der Waals surface area contributed by atoms with Gasteiger partial charge in [-0.15, -0.1) is 0 Å². The summed E-state index contributed by atoms with van der Waals surface area (Å²) in [6.07, 6.45) is 0. The minimum atomic E-state index is -0.273. The molecule has 3 heterocycles. The molecule has 4 aromatic rings. The number of nitrogens with zero attached hydrogens (tertiary/aromatic N) is 2. The number of ether oxygens (including phenoxy) is 1. The molecule has 4 rings (SSSR count). The van der Waals surface area contributed by atoms with Crippen LogP contribution in [0.1, 0.15) is 0 Å². The molecular formula is C16H11ClN4O2. The van der Waals surface area contributed by atoms with Crippen LogP contribution in [0.25, 0.3) is 33.2 Å².